The van der Waals surface area contributed by atoms with E-state index >= 15 is 0 Å². The number of carbonyl (C=O) groups is 1. The van der Waals surface area contributed by atoms with Crippen LogP contribution in [-0.4, -0.2) is 77.0 Å². The number of rotatable bonds is 17. The van der Waals surface area contributed by atoms with Crippen LogP contribution in [0.4, 0.5) is 10.5 Å². The van der Waals surface area contributed by atoms with E-state index in [4.69, 9.17) is 29.2 Å². The molecule has 0 spiro atoms. The number of hydrogen-bond acceptors (Lipinski definition) is 9. The van der Waals surface area contributed by atoms with Crippen LogP contribution in [-0.2, 0) is 18.9 Å². The van der Waals surface area contributed by atoms with Gasteiger partial charge in [-0.05, 0) is 17.7 Å². The van der Waals surface area contributed by atoms with Crippen LogP contribution in [0.2, 0.25) is 0 Å². The van der Waals surface area contributed by atoms with Gasteiger partial charge in [-0.15, -0.1) is 0 Å². The molecule has 0 unspecified atom stereocenters. The molecule has 1 N–H and O–H groups in total. The Balaban J connectivity index is 1.87. The first-order valence-corrected chi connectivity index (χ1v) is 9.15. The Bertz CT molecular complexity index is 667. The molecule has 0 aliphatic rings. The molecule has 13 nitrogen and oxygen atoms in total. The van der Waals surface area contributed by atoms with Crippen LogP contribution in [0, 0.1) is 10.1 Å². The van der Waals surface area contributed by atoms with Gasteiger partial charge in [-0.2, -0.15) is 0 Å². The van der Waals surface area contributed by atoms with E-state index < -0.39 is 11.0 Å². The predicted molar refractivity (Wildman–Crippen MR) is 104 cm³/mol. The smallest absolute Gasteiger partial charge is 0.410 e. The van der Waals surface area contributed by atoms with E-state index in [2.05, 4.69) is 15.3 Å². The molecule has 0 radical (unpaired) electrons. The first-order chi connectivity index (χ1) is 14.6. The molecule has 166 valence electrons. The second-order valence-corrected chi connectivity index (χ2v) is 5.47. The van der Waals surface area contributed by atoms with Gasteiger partial charge < -0.3 is 29.0 Å². The van der Waals surface area contributed by atoms with E-state index in [1.165, 1.54) is 24.3 Å². The molecular formula is C17H25N5O8. The Labute approximate surface area is 173 Å². The van der Waals surface area contributed by atoms with Crippen LogP contribution >= 0.6 is 0 Å². The highest BCUT2D eigenvalue weighted by atomic mass is 16.6. The van der Waals surface area contributed by atoms with Gasteiger partial charge in [0, 0.05) is 30.1 Å². The summed E-state index contributed by atoms with van der Waals surface area (Å²) >= 11 is 0. The molecule has 0 saturated heterocycles. The van der Waals surface area contributed by atoms with Gasteiger partial charge in [0.15, 0.2) is 0 Å². The summed E-state index contributed by atoms with van der Waals surface area (Å²) in [6, 6.07) is 5.18. The second kappa shape index (κ2) is 16.9. The van der Waals surface area contributed by atoms with Crippen molar-refractivity contribution in [1.82, 2.24) is 5.32 Å². The van der Waals surface area contributed by atoms with Crippen LogP contribution < -0.4 is 10.1 Å². The third kappa shape index (κ3) is 13.3. The van der Waals surface area contributed by atoms with E-state index in [-0.39, 0.29) is 24.6 Å². The fourth-order valence-corrected chi connectivity index (χ4v) is 1.92. The van der Waals surface area contributed by atoms with Gasteiger partial charge in [-0.3, -0.25) is 10.1 Å². The third-order valence-corrected chi connectivity index (χ3v) is 3.29. The lowest BCUT2D eigenvalue weighted by Crippen LogP contribution is -2.30. The van der Waals surface area contributed by atoms with Crippen LogP contribution in [0.25, 0.3) is 10.4 Å². The van der Waals surface area contributed by atoms with Crippen LogP contribution in [0.3, 0.4) is 0 Å². The highest BCUT2D eigenvalue weighted by Gasteiger charge is 2.07. The molecule has 30 heavy (non-hydrogen) atoms. The maximum absolute atomic E-state index is 11.6. The Hall–Kier alpha value is -2.96. The molecular weight excluding hydrogens is 402 g/mol. The Morgan fingerprint density at radius 1 is 0.967 bits per heavy atom. The molecule has 0 aliphatic carbocycles. The lowest BCUT2D eigenvalue weighted by atomic mass is 10.3. The number of nitrogens with one attached hydrogen (secondary N) is 1. The lowest BCUT2D eigenvalue weighted by Gasteiger charge is -2.08. The summed E-state index contributed by atoms with van der Waals surface area (Å²) in [4.78, 5) is 24.2. The monoisotopic (exact) mass is 427 g/mol. The number of benzene rings is 1. The number of carbonyl (C=O) groups excluding carboxylic acids is 1. The van der Waals surface area contributed by atoms with Gasteiger partial charge in [0.25, 0.3) is 5.69 Å². The largest absolute Gasteiger partial charge is 0.412 e. The minimum absolute atomic E-state index is 0.0853. The van der Waals surface area contributed by atoms with Gasteiger partial charge in [-0.1, -0.05) is 5.11 Å². The average molecular weight is 427 g/mol. The minimum atomic E-state index is -0.678. The highest BCUT2D eigenvalue weighted by molar-refractivity contribution is 5.70. The van der Waals surface area contributed by atoms with Gasteiger partial charge in [0.05, 0.1) is 57.8 Å². The van der Waals surface area contributed by atoms with Crippen LogP contribution in [0.5, 0.6) is 5.75 Å². The van der Waals surface area contributed by atoms with Crippen molar-refractivity contribution < 1.29 is 33.4 Å². The fourth-order valence-electron chi connectivity index (χ4n) is 1.92. The number of nitro groups is 1. The molecule has 0 aliphatic heterocycles. The summed E-state index contributed by atoms with van der Waals surface area (Å²) in [7, 11) is 0. The molecule has 0 aromatic heterocycles. The van der Waals surface area contributed by atoms with Crippen molar-refractivity contribution in [2.75, 3.05) is 65.9 Å². The summed E-state index contributed by atoms with van der Waals surface area (Å²) in [5, 5.41) is 16.4. The predicted octanol–water partition coefficient (Wildman–Crippen LogP) is 2.06. The number of azide groups is 1. The maximum Gasteiger partial charge on any atom is 0.412 e. The van der Waals surface area contributed by atoms with Gasteiger partial charge in [-0.25, -0.2) is 4.79 Å². The average Bonchev–Trinajstić information content (AvgIpc) is 2.74. The summed E-state index contributed by atoms with van der Waals surface area (Å²) in [6.45, 7) is 3.64. The van der Waals surface area contributed by atoms with Crippen molar-refractivity contribution in [3.05, 3.63) is 44.8 Å². The first-order valence-electron chi connectivity index (χ1n) is 9.15. The normalized spacial score (nSPS) is 10.3. The quantitative estimate of drug-likeness (QED) is 0.0984. The molecule has 0 atom stereocenters. The van der Waals surface area contributed by atoms with Crippen molar-refractivity contribution >= 4 is 11.8 Å². The SMILES string of the molecule is [N-]=[N+]=NCCOCCOCCOCCOCCNC(=O)Oc1ccc([N+](=O)[O-])cc1. The molecule has 0 saturated carbocycles. The number of ether oxygens (including phenoxy) is 5. The zero-order chi connectivity index (χ0) is 21.9. The number of non-ortho nitro benzene ring substituents is 1. The summed E-state index contributed by atoms with van der Waals surface area (Å²) < 4.78 is 26.1. The number of hydrogen-bond donors (Lipinski definition) is 1. The van der Waals surface area contributed by atoms with E-state index in [1.807, 2.05) is 0 Å². The Kier molecular flexibility index (Phi) is 14.2. The molecule has 13 heteroatoms. The molecule has 1 aromatic rings. The standard InChI is InChI=1S/C17H25N5O8/c18-21-20-6-8-27-10-12-29-14-13-28-11-9-26-7-5-19-17(23)30-16-3-1-15(2-4-16)22(24)25/h1-4H,5-14H2,(H,19,23). The Morgan fingerprint density at radius 3 is 2.03 bits per heavy atom. The van der Waals surface area contributed by atoms with Gasteiger partial charge in [0.2, 0.25) is 0 Å². The van der Waals surface area contributed by atoms with Crippen LogP contribution in [0.15, 0.2) is 29.4 Å². The number of nitro benzene ring substituents is 1. The van der Waals surface area contributed by atoms with E-state index in [9.17, 15) is 14.9 Å². The van der Waals surface area contributed by atoms with E-state index in [1.54, 1.807) is 0 Å². The molecule has 1 rings (SSSR count). The zero-order valence-electron chi connectivity index (χ0n) is 16.4. The van der Waals surface area contributed by atoms with Crippen LogP contribution in [0.1, 0.15) is 0 Å². The number of nitrogens with zero attached hydrogens (tertiary/aromatic N) is 4. The van der Waals surface area contributed by atoms with E-state index in [0.29, 0.717) is 52.8 Å². The highest BCUT2D eigenvalue weighted by Crippen LogP contribution is 2.17. The minimum Gasteiger partial charge on any atom is -0.410 e. The molecule has 0 fully saturated rings. The van der Waals surface area contributed by atoms with Crippen molar-refractivity contribution in [2.24, 2.45) is 5.11 Å². The summed E-state index contributed by atoms with van der Waals surface area (Å²) in [5.74, 6) is 0.203. The van der Waals surface area contributed by atoms with Crippen molar-refractivity contribution in [3.63, 3.8) is 0 Å². The van der Waals surface area contributed by atoms with Gasteiger partial charge in [0.1, 0.15) is 5.75 Å². The van der Waals surface area contributed by atoms with Crippen molar-refractivity contribution in [3.8, 4) is 5.75 Å². The fraction of sp³-hybridized carbons (Fsp3) is 0.588. The maximum atomic E-state index is 11.6. The summed E-state index contributed by atoms with van der Waals surface area (Å²) in [6.07, 6.45) is -0.678. The van der Waals surface area contributed by atoms with Gasteiger partial charge >= 0.3 is 6.09 Å². The van der Waals surface area contributed by atoms with Crippen molar-refractivity contribution in [1.29, 1.82) is 0 Å². The first kappa shape index (κ1) is 25.1. The molecule has 0 heterocycles. The van der Waals surface area contributed by atoms with E-state index in [0.717, 1.165) is 0 Å². The zero-order valence-corrected chi connectivity index (χ0v) is 16.4. The topological polar surface area (TPSA) is 167 Å². The Morgan fingerprint density at radius 2 is 1.50 bits per heavy atom. The molecule has 1 aromatic carbocycles. The second-order valence-electron chi connectivity index (χ2n) is 5.47. The van der Waals surface area contributed by atoms with Crippen molar-refractivity contribution in [2.45, 2.75) is 0 Å². The summed E-state index contributed by atoms with van der Waals surface area (Å²) in [5.41, 5.74) is 7.99. The third-order valence-electron chi connectivity index (χ3n) is 3.29. The number of amides is 1. The molecule has 0 bridgehead atoms. The molecule has 1 amide bonds. The lowest BCUT2D eigenvalue weighted by molar-refractivity contribution is -0.384.